The van der Waals surface area contributed by atoms with Gasteiger partial charge in [-0.05, 0) is 101 Å². The van der Waals surface area contributed by atoms with Crippen molar-refractivity contribution in [1.29, 1.82) is 0 Å². The SMILES string of the molecule is c1ccc2c(c1)-c1ccccc1C21c2ccccc2C2(c3ccccc3-c3ccccc32)c2cc(-c3ccc4c(ccc5cccnc54)c3)ccc21. The summed E-state index contributed by atoms with van der Waals surface area (Å²) in [5.41, 5.74) is 18.6. The maximum atomic E-state index is 4.76. The van der Waals surface area contributed by atoms with Crippen LogP contribution in [0.25, 0.3) is 55.1 Å². The molecule has 3 aliphatic rings. The maximum absolute atomic E-state index is 4.76. The Labute approximate surface area is 302 Å². The predicted octanol–water partition coefficient (Wildman–Crippen LogP) is 12.1. The van der Waals surface area contributed by atoms with Gasteiger partial charge in [-0.1, -0.05) is 164 Å². The third kappa shape index (κ3) is 3.28. The molecule has 2 spiro atoms. The first kappa shape index (κ1) is 28.2. The Kier molecular flexibility index (Phi) is 5.43. The molecule has 240 valence electrons. The second kappa shape index (κ2) is 10.0. The zero-order valence-electron chi connectivity index (χ0n) is 28.3. The van der Waals surface area contributed by atoms with Gasteiger partial charge in [0.05, 0.1) is 16.3 Å². The van der Waals surface area contributed by atoms with E-state index in [9.17, 15) is 0 Å². The van der Waals surface area contributed by atoms with E-state index in [2.05, 4.69) is 176 Å². The van der Waals surface area contributed by atoms with E-state index in [1.54, 1.807) is 0 Å². The Balaban J connectivity index is 1.24. The molecule has 1 heteroatoms. The number of aromatic nitrogens is 1. The normalized spacial score (nSPS) is 14.8. The van der Waals surface area contributed by atoms with Crippen LogP contribution in [0, 0.1) is 0 Å². The van der Waals surface area contributed by atoms with Gasteiger partial charge in [0.2, 0.25) is 0 Å². The number of hydrogen-bond donors (Lipinski definition) is 0. The minimum atomic E-state index is -0.496. The van der Waals surface area contributed by atoms with Gasteiger partial charge in [0.1, 0.15) is 0 Å². The van der Waals surface area contributed by atoms with E-state index < -0.39 is 10.8 Å². The maximum Gasteiger partial charge on any atom is 0.0780 e. The first-order valence-electron chi connectivity index (χ1n) is 18.2. The zero-order chi connectivity index (χ0) is 34.0. The molecule has 0 saturated carbocycles. The molecule has 0 bridgehead atoms. The van der Waals surface area contributed by atoms with Crippen molar-refractivity contribution in [2.24, 2.45) is 0 Å². The summed E-state index contributed by atoms with van der Waals surface area (Å²) in [6.07, 6.45) is 1.89. The molecule has 1 heterocycles. The molecular weight excluding hydrogens is 627 g/mol. The fraction of sp³-hybridized carbons (Fsp3) is 0.0392. The quantitative estimate of drug-likeness (QED) is 0.160. The highest BCUT2D eigenvalue weighted by atomic mass is 14.6. The Bertz CT molecular complexity index is 2890. The molecule has 0 saturated heterocycles. The zero-order valence-corrected chi connectivity index (χ0v) is 28.3. The van der Waals surface area contributed by atoms with Gasteiger partial charge in [-0.25, -0.2) is 0 Å². The summed E-state index contributed by atoms with van der Waals surface area (Å²) >= 11 is 0. The highest BCUT2D eigenvalue weighted by Crippen LogP contribution is 2.67. The minimum Gasteiger partial charge on any atom is -0.256 e. The Morgan fingerprint density at radius 3 is 1.33 bits per heavy atom. The van der Waals surface area contributed by atoms with E-state index in [0.29, 0.717) is 0 Å². The molecule has 3 aliphatic carbocycles. The molecule has 0 fully saturated rings. The monoisotopic (exact) mass is 657 g/mol. The van der Waals surface area contributed by atoms with E-state index in [1.807, 2.05) is 12.3 Å². The van der Waals surface area contributed by atoms with Gasteiger partial charge in [-0.15, -0.1) is 0 Å². The highest BCUT2D eigenvalue weighted by Gasteiger charge is 2.58. The number of pyridine rings is 1. The molecule has 12 rings (SSSR count). The van der Waals surface area contributed by atoms with Crippen LogP contribution in [0.5, 0.6) is 0 Å². The van der Waals surface area contributed by atoms with Gasteiger partial charge < -0.3 is 0 Å². The Morgan fingerprint density at radius 1 is 0.308 bits per heavy atom. The molecule has 9 aromatic rings. The van der Waals surface area contributed by atoms with E-state index in [1.165, 1.54) is 88.7 Å². The van der Waals surface area contributed by atoms with E-state index in [0.717, 1.165) is 10.9 Å². The van der Waals surface area contributed by atoms with Gasteiger partial charge in [-0.3, -0.25) is 4.98 Å². The summed E-state index contributed by atoms with van der Waals surface area (Å²) in [6.45, 7) is 0. The first-order chi connectivity index (χ1) is 25.8. The van der Waals surface area contributed by atoms with Gasteiger partial charge >= 0.3 is 0 Å². The lowest BCUT2D eigenvalue weighted by atomic mass is 9.52. The van der Waals surface area contributed by atoms with Crippen molar-refractivity contribution >= 4 is 21.7 Å². The fourth-order valence-corrected chi connectivity index (χ4v) is 10.5. The van der Waals surface area contributed by atoms with Crippen molar-refractivity contribution in [3.63, 3.8) is 0 Å². The van der Waals surface area contributed by atoms with Gasteiger partial charge in [0.25, 0.3) is 0 Å². The molecule has 1 nitrogen and oxygen atoms in total. The summed E-state index contributed by atoms with van der Waals surface area (Å²) in [4.78, 5) is 4.76. The largest absolute Gasteiger partial charge is 0.256 e. The first-order valence-corrected chi connectivity index (χ1v) is 18.2. The molecule has 1 aromatic heterocycles. The van der Waals surface area contributed by atoms with Crippen LogP contribution in [0.2, 0.25) is 0 Å². The Hall–Kier alpha value is -6.57. The van der Waals surface area contributed by atoms with Crippen molar-refractivity contribution < 1.29 is 0 Å². The molecule has 0 atom stereocenters. The molecule has 8 aromatic carbocycles. The third-order valence-corrected chi connectivity index (χ3v) is 12.4. The molecule has 0 amide bonds. The summed E-state index contributed by atoms with van der Waals surface area (Å²) in [5.74, 6) is 0. The van der Waals surface area contributed by atoms with Gasteiger partial charge in [0, 0.05) is 17.0 Å². The smallest absolute Gasteiger partial charge is 0.0780 e. The molecular formula is C51H31N. The van der Waals surface area contributed by atoms with Crippen molar-refractivity contribution in [2.45, 2.75) is 10.8 Å². The molecule has 0 unspecified atom stereocenters. The number of rotatable bonds is 1. The standard InChI is InChI=1S/C51H31N/c1-5-17-41-37(13-1)38-14-2-6-18-42(38)50(41)45-21-9-10-22-46(45)51(43-19-7-3-15-39(43)40-16-4-8-20-44(40)51)48-31-34(26-28-47(48)50)33-25-27-36-35(30-33)24-23-32-12-11-29-52-49(32)36/h1-31H. The van der Waals surface area contributed by atoms with Crippen LogP contribution in [0.1, 0.15) is 44.5 Å². The van der Waals surface area contributed by atoms with Crippen LogP contribution in [0.4, 0.5) is 0 Å². The van der Waals surface area contributed by atoms with Gasteiger partial charge in [0.15, 0.2) is 0 Å². The van der Waals surface area contributed by atoms with Crippen LogP contribution < -0.4 is 0 Å². The second-order valence-corrected chi connectivity index (χ2v) is 14.6. The van der Waals surface area contributed by atoms with Crippen LogP contribution in [0.15, 0.2) is 188 Å². The minimum absolute atomic E-state index is 0.469. The van der Waals surface area contributed by atoms with Crippen LogP contribution in [-0.4, -0.2) is 4.98 Å². The van der Waals surface area contributed by atoms with Crippen molar-refractivity contribution in [1.82, 2.24) is 4.98 Å². The van der Waals surface area contributed by atoms with Crippen LogP contribution >= 0.6 is 0 Å². The number of fused-ring (bicyclic) bond motifs is 19. The van der Waals surface area contributed by atoms with E-state index in [-0.39, 0.29) is 0 Å². The van der Waals surface area contributed by atoms with Crippen LogP contribution in [-0.2, 0) is 10.8 Å². The molecule has 0 radical (unpaired) electrons. The lowest BCUT2D eigenvalue weighted by Crippen LogP contribution is -2.43. The topological polar surface area (TPSA) is 12.9 Å². The average Bonchev–Trinajstić information content (AvgIpc) is 3.68. The summed E-state index contributed by atoms with van der Waals surface area (Å²) in [5, 5.41) is 3.55. The number of benzene rings is 8. The summed E-state index contributed by atoms with van der Waals surface area (Å²) in [7, 11) is 0. The van der Waals surface area contributed by atoms with Gasteiger partial charge in [-0.2, -0.15) is 0 Å². The fourth-order valence-electron chi connectivity index (χ4n) is 10.5. The highest BCUT2D eigenvalue weighted by molar-refractivity contribution is 6.06. The lowest BCUT2D eigenvalue weighted by molar-refractivity contribution is 0.633. The van der Waals surface area contributed by atoms with Crippen molar-refractivity contribution in [2.75, 3.05) is 0 Å². The third-order valence-electron chi connectivity index (χ3n) is 12.4. The lowest BCUT2D eigenvalue weighted by Gasteiger charge is -2.49. The summed E-state index contributed by atoms with van der Waals surface area (Å²) in [6, 6.07) is 68.7. The molecule has 52 heavy (non-hydrogen) atoms. The van der Waals surface area contributed by atoms with Crippen LogP contribution in [0.3, 0.4) is 0 Å². The average molecular weight is 658 g/mol. The van der Waals surface area contributed by atoms with E-state index in [4.69, 9.17) is 4.98 Å². The number of hydrogen-bond acceptors (Lipinski definition) is 1. The van der Waals surface area contributed by atoms with Crippen molar-refractivity contribution in [3.05, 3.63) is 233 Å². The molecule has 0 aliphatic heterocycles. The summed E-state index contributed by atoms with van der Waals surface area (Å²) < 4.78 is 0. The van der Waals surface area contributed by atoms with E-state index >= 15 is 0 Å². The van der Waals surface area contributed by atoms with Crippen molar-refractivity contribution in [3.8, 4) is 33.4 Å². The Morgan fingerprint density at radius 2 is 0.750 bits per heavy atom. The predicted molar refractivity (Wildman–Crippen MR) is 213 cm³/mol. The molecule has 0 N–H and O–H groups in total. The number of nitrogens with zero attached hydrogens (tertiary/aromatic N) is 1. The second-order valence-electron chi connectivity index (χ2n) is 14.6.